The second-order valence-electron chi connectivity index (χ2n) is 6.63. The maximum atomic E-state index is 12.8. The van der Waals surface area contributed by atoms with E-state index in [0.29, 0.717) is 25.0 Å². The molecule has 28 heavy (non-hydrogen) atoms. The molecule has 6 heteroatoms. The molecule has 0 spiro atoms. The highest BCUT2D eigenvalue weighted by Crippen LogP contribution is 2.33. The lowest BCUT2D eigenvalue weighted by Crippen LogP contribution is -2.28. The van der Waals surface area contributed by atoms with Crippen molar-refractivity contribution in [2.75, 3.05) is 0 Å². The minimum Gasteiger partial charge on any atom is -0.261 e. The van der Waals surface area contributed by atoms with Gasteiger partial charge in [-0.05, 0) is 36.1 Å². The van der Waals surface area contributed by atoms with Crippen molar-refractivity contribution in [2.24, 2.45) is 0 Å². The largest absolute Gasteiger partial charge is 0.416 e. The van der Waals surface area contributed by atoms with Crippen LogP contribution in [-0.2, 0) is 24.4 Å². The van der Waals surface area contributed by atoms with E-state index in [9.17, 15) is 18.4 Å². The second-order valence-corrected chi connectivity index (χ2v) is 6.63. The van der Waals surface area contributed by atoms with Gasteiger partial charge in [-0.1, -0.05) is 42.5 Å². The zero-order valence-corrected chi connectivity index (χ0v) is 15.0. The van der Waals surface area contributed by atoms with Gasteiger partial charge in [0.05, 0.1) is 22.7 Å². The number of benzene rings is 2. The van der Waals surface area contributed by atoms with E-state index in [1.165, 1.54) is 12.1 Å². The van der Waals surface area contributed by atoms with Crippen LogP contribution in [0.15, 0.2) is 73.2 Å². The summed E-state index contributed by atoms with van der Waals surface area (Å²) in [5, 5.41) is 10.1. The summed E-state index contributed by atoms with van der Waals surface area (Å²) in [6.45, 7) is 0. The molecular formula is C22H18F3N3. The van der Waals surface area contributed by atoms with Crippen molar-refractivity contribution >= 4 is 0 Å². The number of nitriles is 1. The molecule has 1 unspecified atom stereocenters. The van der Waals surface area contributed by atoms with Gasteiger partial charge in [-0.3, -0.25) is 9.97 Å². The molecule has 2 aromatic carbocycles. The predicted molar refractivity (Wildman–Crippen MR) is 99.2 cm³/mol. The van der Waals surface area contributed by atoms with Crippen LogP contribution in [0, 0.1) is 11.3 Å². The van der Waals surface area contributed by atoms with Crippen LogP contribution in [0.5, 0.6) is 0 Å². The third-order valence-corrected chi connectivity index (χ3v) is 4.76. The minimum absolute atomic E-state index is 0.377. The molecule has 0 bridgehead atoms. The van der Waals surface area contributed by atoms with Gasteiger partial charge >= 0.3 is 6.18 Å². The average molecular weight is 381 g/mol. The molecule has 1 heterocycles. The average Bonchev–Trinajstić information content (AvgIpc) is 2.72. The highest BCUT2D eigenvalue weighted by atomic mass is 19.4. The van der Waals surface area contributed by atoms with Crippen LogP contribution in [0.1, 0.15) is 28.8 Å². The molecule has 0 aliphatic rings. The molecule has 1 atom stereocenters. The van der Waals surface area contributed by atoms with Gasteiger partial charge in [0.1, 0.15) is 0 Å². The van der Waals surface area contributed by atoms with E-state index in [4.69, 9.17) is 0 Å². The zero-order valence-electron chi connectivity index (χ0n) is 15.0. The van der Waals surface area contributed by atoms with Gasteiger partial charge in [-0.25, -0.2) is 0 Å². The molecule has 0 radical (unpaired) electrons. The third kappa shape index (κ3) is 4.55. The number of halogens is 3. The predicted octanol–water partition coefficient (Wildman–Crippen LogP) is 5.13. The number of rotatable bonds is 6. The highest BCUT2D eigenvalue weighted by molar-refractivity contribution is 5.35. The van der Waals surface area contributed by atoms with E-state index in [1.807, 2.05) is 30.3 Å². The molecule has 1 aromatic heterocycles. The van der Waals surface area contributed by atoms with Gasteiger partial charge in [0.25, 0.3) is 0 Å². The van der Waals surface area contributed by atoms with Gasteiger partial charge in [-0.2, -0.15) is 18.4 Å². The van der Waals surface area contributed by atoms with Gasteiger partial charge in [0.15, 0.2) is 0 Å². The minimum atomic E-state index is -4.36. The van der Waals surface area contributed by atoms with Crippen molar-refractivity contribution in [3.8, 4) is 6.07 Å². The smallest absolute Gasteiger partial charge is 0.261 e. The first kappa shape index (κ1) is 19.6. The first-order valence-corrected chi connectivity index (χ1v) is 8.81. The van der Waals surface area contributed by atoms with Gasteiger partial charge < -0.3 is 0 Å². The number of aryl methyl sites for hydroxylation is 1. The maximum absolute atomic E-state index is 12.8. The Labute approximate surface area is 161 Å². The summed E-state index contributed by atoms with van der Waals surface area (Å²) in [5.41, 5.74) is 0.781. The molecule has 3 rings (SSSR count). The first-order chi connectivity index (χ1) is 13.4. The van der Waals surface area contributed by atoms with Crippen LogP contribution in [0.3, 0.4) is 0 Å². The molecule has 142 valence electrons. The fourth-order valence-electron chi connectivity index (χ4n) is 3.20. The zero-order chi connectivity index (χ0) is 20.0. The van der Waals surface area contributed by atoms with E-state index < -0.39 is 17.2 Å². The summed E-state index contributed by atoms with van der Waals surface area (Å²) in [5.74, 6) is 0. The van der Waals surface area contributed by atoms with Crippen LogP contribution < -0.4 is 0 Å². The van der Waals surface area contributed by atoms with Gasteiger partial charge in [0, 0.05) is 25.0 Å². The number of aromatic nitrogens is 2. The Bertz CT molecular complexity index is 933. The molecule has 0 aliphatic carbocycles. The van der Waals surface area contributed by atoms with Crippen molar-refractivity contribution in [3.63, 3.8) is 0 Å². The summed E-state index contributed by atoms with van der Waals surface area (Å²) in [4.78, 5) is 8.36. The molecule has 3 nitrogen and oxygen atoms in total. The van der Waals surface area contributed by atoms with E-state index in [0.717, 1.165) is 23.3 Å². The van der Waals surface area contributed by atoms with Crippen LogP contribution >= 0.6 is 0 Å². The molecule has 0 saturated heterocycles. The molecule has 0 aliphatic heterocycles. The van der Waals surface area contributed by atoms with Crippen LogP contribution in [-0.4, -0.2) is 9.97 Å². The normalized spacial score (nSPS) is 13.5. The Morgan fingerprint density at radius 1 is 0.893 bits per heavy atom. The van der Waals surface area contributed by atoms with Crippen molar-refractivity contribution in [3.05, 3.63) is 95.6 Å². The van der Waals surface area contributed by atoms with E-state index in [1.54, 1.807) is 18.6 Å². The summed E-state index contributed by atoms with van der Waals surface area (Å²) < 4.78 is 38.3. The Morgan fingerprint density at radius 3 is 2.18 bits per heavy atom. The summed E-state index contributed by atoms with van der Waals surface area (Å²) >= 11 is 0. The van der Waals surface area contributed by atoms with Crippen molar-refractivity contribution in [1.82, 2.24) is 9.97 Å². The number of alkyl halides is 3. The molecule has 0 amide bonds. The van der Waals surface area contributed by atoms with E-state index in [-0.39, 0.29) is 0 Å². The molecule has 0 fully saturated rings. The first-order valence-electron chi connectivity index (χ1n) is 8.81. The summed E-state index contributed by atoms with van der Waals surface area (Å²) in [6.07, 6.45) is 1.73. The molecular weight excluding hydrogens is 363 g/mol. The van der Waals surface area contributed by atoms with Crippen molar-refractivity contribution < 1.29 is 13.2 Å². The lowest BCUT2D eigenvalue weighted by molar-refractivity contribution is -0.137. The quantitative estimate of drug-likeness (QED) is 0.595. The van der Waals surface area contributed by atoms with Gasteiger partial charge in [-0.15, -0.1) is 0 Å². The highest BCUT2D eigenvalue weighted by Gasteiger charge is 2.33. The van der Waals surface area contributed by atoms with Gasteiger partial charge in [0.2, 0.25) is 0 Å². The number of nitrogens with zero attached hydrogens (tertiary/aromatic N) is 3. The Kier molecular flexibility index (Phi) is 5.74. The summed E-state index contributed by atoms with van der Waals surface area (Å²) in [6, 6.07) is 16.9. The van der Waals surface area contributed by atoms with Crippen LogP contribution in [0.2, 0.25) is 0 Å². The lowest BCUT2D eigenvalue weighted by Gasteiger charge is -2.27. The fraction of sp³-hybridized carbons (Fsp3) is 0.227. The number of hydrogen-bond donors (Lipinski definition) is 0. The molecule has 0 saturated carbocycles. The molecule has 0 N–H and O–H groups in total. The third-order valence-electron chi connectivity index (χ3n) is 4.76. The van der Waals surface area contributed by atoms with E-state index in [2.05, 4.69) is 16.0 Å². The Hall–Kier alpha value is -3.20. The summed E-state index contributed by atoms with van der Waals surface area (Å²) in [7, 11) is 0. The monoisotopic (exact) mass is 381 g/mol. The standard InChI is InChI=1S/C22H18F3N3/c23-22(24,25)19-8-6-17(7-9-19)10-11-21(16-26,18-4-2-1-3-5-18)14-20-15-27-12-13-28-20/h1-9,12-13,15H,10-11,14H2. The maximum Gasteiger partial charge on any atom is 0.416 e. The molecule has 3 aromatic rings. The Balaban J connectivity index is 1.86. The lowest BCUT2D eigenvalue weighted by atomic mass is 9.74. The van der Waals surface area contributed by atoms with Crippen LogP contribution in [0.25, 0.3) is 0 Å². The second kappa shape index (κ2) is 8.22. The van der Waals surface area contributed by atoms with Crippen molar-refractivity contribution in [1.29, 1.82) is 5.26 Å². The van der Waals surface area contributed by atoms with E-state index >= 15 is 0 Å². The SMILES string of the molecule is N#CC(CCc1ccc(C(F)(F)F)cc1)(Cc1cnccn1)c1ccccc1. The number of hydrogen-bond acceptors (Lipinski definition) is 3. The fourth-order valence-corrected chi connectivity index (χ4v) is 3.20. The topological polar surface area (TPSA) is 49.6 Å². The Morgan fingerprint density at radius 2 is 1.61 bits per heavy atom. The van der Waals surface area contributed by atoms with Crippen molar-refractivity contribution in [2.45, 2.75) is 30.9 Å². The van der Waals surface area contributed by atoms with Crippen LogP contribution in [0.4, 0.5) is 13.2 Å².